The first-order valence-electron chi connectivity index (χ1n) is 5.37. The van der Waals surface area contributed by atoms with E-state index in [2.05, 4.69) is 0 Å². The molecule has 0 spiro atoms. The third kappa shape index (κ3) is 3.17. The van der Waals surface area contributed by atoms with Gasteiger partial charge in [0.1, 0.15) is 18.5 Å². The molecule has 0 unspecified atom stereocenters. The lowest BCUT2D eigenvalue weighted by Gasteiger charge is -2.10. The van der Waals surface area contributed by atoms with Gasteiger partial charge in [-0.3, -0.25) is 0 Å². The molecule has 0 fully saturated rings. The molecular weight excluding hydrogens is 288 g/mol. The topological polar surface area (TPSA) is 33.0 Å². The fraction of sp³-hybridized carbons (Fsp3) is 0.0714. The molecule has 2 nitrogen and oxygen atoms in total. The van der Waals surface area contributed by atoms with E-state index in [1.807, 2.05) is 0 Å². The number of nitriles is 1. The molecule has 0 aliphatic heterocycles. The predicted octanol–water partition coefficient (Wildman–Crippen LogP) is 4.58. The van der Waals surface area contributed by atoms with Gasteiger partial charge in [0, 0.05) is 0 Å². The van der Waals surface area contributed by atoms with Crippen molar-refractivity contribution in [2.45, 2.75) is 6.61 Å². The highest BCUT2D eigenvalue weighted by Crippen LogP contribution is 2.32. The summed E-state index contributed by atoms with van der Waals surface area (Å²) in [6.45, 7) is 0.151. The minimum atomic E-state index is -0.554. The molecule has 0 aliphatic carbocycles. The number of benzene rings is 2. The molecule has 96 valence electrons. The number of para-hydroxylation sites is 1. The third-order valence-electron chi connectivity index (χ3n) is 2.45. The van der Waals surface area contributed by atoms with Gasteiger partial charge < -0.3 is 4.74 Å². The molecule has 0 heterocycles. The van der Waals surface area contributed by atoms with E-state index in [9.17, 15) is 4.39 Å². The van der Waals surface area contributed by atoms with Crippen molar-refractivity contribution >= 4 is 23.2 Å². The minimum Gasteiger partial charge on any atom is -0.486 e. The van der Waals surface area contributed by atoms with Crippen molar-refractivity contribution in [2.24, 2.45) is 0 Å². The SMILES string of the molecule is N#Cc1cc(COc2c(Cl)cccc2Cl)ccc1F. The van der Waals surface area contributed by atoms with Gasteiger partial charge in [0.25, 0.3) is 0 Å². The van der Waals surface area contributed by atoms with Gasteiger partial charge in [-0.25, -0.2) is 4.39 Å². The molecule has 0 bridgehead atoms. The zero-order valence-corrected chi connectivity index (χ0v) is 11.2. The summed E-state index contributed by atoms with van der Waals surface area (Å²) < 4.78 is 18.7. The highest BCUT2D eigenvalue weighted by atomic mass is 35.5. The number of hydrogen-bond acceptors (Lipinski definition) is 2. The molecular formula is C14H8Cl2FNO. The summed E-state index contributed by atoms with van der Waals surface area (Å²) in [5, 5.41) is 9.54. The van der Waals surface area contributed by atoms with Crippen molar-refractivity contribution in [3.8, 4) is 11.8 Å². The van der Waals surface area contributed by atoms with Crippen LogP contribution < -0.4 is 4.74 Å². The third-order valence-corrected chi connectivity index (χ3v) is 3.05. The van der Waals surface area contributed by atoms with Crippen LogP contribution in [0.3, 0.4) is 0 Å². The minimum absolute atomic E-state index is 0.0219. The standard InChI is InChI=1S/C14H8Cl2FNO/c15-11-2-1-3-12(16)14(11)19-8-9-4-5-13(17)10(6-9)7-18/h1-6H,8H2. The molecule has 2 aromatic carbocycles. The Morgan fingerprint density at radius 2 is 1.84 bits per heavy atom. The van der Waals surface area contributed by atoms with E-state index in [4.69, 9.17) is 33.2 Å². The molecule has 0 radical (unpaired) electrons. The molecule has 0 atom stereocenters. The highest BCUT2D eigenvalue weighted by Gasteiger charge is 2.08. The smallest absolute Gasteiger partial charge is 0.156 e. The Labute approximate surface area is 119 Å². The number of rotatable bonds is 3. The van der Waals surface area contributed by atoms with Gasteiger partial charge in [0.05, 0.1) is 15.6 Å². The lowest BCUT2D eigenvalue weighted by atomic mass is 10.1. The second-order valence-corrected chi connectivity index (χ2v) is 4.58. The lowest BCUT2D eigenvalue weighted by Crippen LogP contribution is -1.98. The first-order chi connectivity index (χ1) is 9.11. The van der Waals surface area contributed by atoms with Crippen LogP contribution in [0.25, 0.3) is 0 Å². The molecule has 0 aromatic heterocycles. The van der Waals surface area contributed by atoms with E-state index >= 15 is 0 Å². The zero-order chi connectivity index (χ0) is 13.8. The van der Waals surface area contributed by atoms with Gasteiger partial charge in [-0.1, -0.05) is 35.3 Å². The molecule has 0 amide bonds. The fourth-order valence-corrected chi connectivity index (χ4v) is 2.03. The monoisotopic (exact) mass is 295 g/mol. The summed E-state index contributed by atoms with van der Waals surface area (Å²) in [6, 6.07) is 11.0. The van der Waals surface area contributed by atoms with Crippen LogP contribution >= 0.6 is 23.2 Å². The van der Waals surface area contributed by atoms with Crippen LogP contribution in [-0.4, -0.2) is 0 Å². The second kappa shape index (κ2) is 5.92. The molecule has 0 N–H and O–H groups in total. The van der Waals surface area contributed by atoms with Gasteiger partial charge in [-0.05, 0) is 29.8 Å². The normalized spacial score (nSPS) is 10.0. The Bertz CT molecular complexity index is 632. The molecule has 2 aromatic rings. The van der Waals surface area contributed by atoms with Crippen molar-refractivity contribution in [1.29, 1.82) is 5.26 Å². The first-order valence-corrected chi connectivity index (χ1v) is 6.12. The largest absolute Gasteiger partial charge is 0.486 e. The lowest BCUT2D eigenvalue weighted by molar-refractivity contribution is 0.306. The van der Waals surface area contributed by atoms with Crippen LogP contribution in [-0.2, 0) is 6.61 Å². The van der Waals surface area contributed by atoms with E-state index in [1.54, 1.807) is 30.3 Å². The average molecular weight is 296 g/mol. The van der Waals surface area contributed by atoms with Crippen LogP contribution in [0.4, 0.5) is 4.39 Å². The zero-order valence-electron chi connectivity index (χ0n) is 9.66. The van der Waals surface area contributed by atoms with Crippen molar-refractivity contribution in [3.05, 3.63) is 63.4 Å². The molecule has 2 rings (SSSR count). The number of nitrogens with zero attached hydrogens (tertiary/aromatic N) is 1. The summed E-state index contributed by atoms with van der Waals surface area (Å²) in [5.41, 5.74) is 0.639. The molecule has 0 saturated heterocycles. The number of ether oxygens (including phenoxy) is 1. The molecule has 0 aliphatic rings. The summed E-state index contributed by atoms with van der Waals surface area (Å²) in [7, 11) is 0. The quantitative estimate of drug-likeness (QED) is 0.830. The number of hydrogen-bond donors (Lipinski definition) is 0. The molecule has 19 heavy (non-hydrogen) atoms. The maximum Gasteiger partial charge on any atom is 0.156 e. The van der Waals surface area contributed by atoms with Gasteiger partial charge in [-0.15, -0.1) is 0 Å². The van der Waals surface area contributed by atoms with Gasteiger partial charge in [0.2, 0.25) is 0 Å². The van der Waals surface area contributed by atoms with Gasteiger partial charge >= 0.3 is 0 Å². The Kier molecular flexibility index (Phi) is 4.26. The number of halogens is 3. The van der Waals surface area contributed by atoms with Crippen molar-refractivity contribution < 1.29 is 9.13 Å². The summed E-state index contributed by atoms with van der Waals surface area (Å²) in [6.07, 6.45) is 0. The van der Waals surface area contributed by atoms with Crippen molar-refractivity contribution in [2.75, 3.05) is 0 Å². The van der Waals surface area contributed by atoms with Crippen LogP contribution in [0.5, 0.6) is 5.75 Å². The van der Waals surface area contributed by atoms with E-state index in [0.717, 1.165) is 0 Å². The molecule has 0 saturated carbocycles. The Hall–Kier alpha value is -1.76. The highest BCUT2D eigenvalue weighted by molar-refractivity contribution is 6.37. The molecule has 5 heteroatoms. The Morgan fingerprint density at radius 1 is 1.16 bits per heavy atom. The van der Waals surface area contributed by atoms with E-state index in [0.29, 0.717) is 21.4 Å². The summed E-state index contributed by atoms with van der Waals surface area (Å²) >= 11 is 11.9. The van der Waals surface area contributed by atoms with E-state index < -0.39 is 5.82 Å². The van der Waals surface area contributed by atoms with Crippen LogP contribution in [0.1, 0.15) is 11.1 Å². The van der Waals surface area contributed by atoms with Crippen LogP contribution in [0.2, 0.25) is 10.0 Å². The fourth-order valence-electron chi connectivity index (χ4n) is 1.52. The van der Waals surface area contributed by atoms with E-state index in [1.165, 1.54) is 12.1 Å². The maximum atomic E-state index is 13.2. The maximum absolute atomic E-state index is 13.2. The van der Waals surface area contributed by atoms with Crippen molar-refractivity contribution in [1.82, 2.24) is 0 Å². The second-order valence-electron chi connectivity index (χ2n) is 3.77. The van der Waals surface area contributed by atoms with Crippen molar-refractivity contribution in [3.63, 3.8) is 0 Å². The predicted molar refractivity (Wildman–Crippen MR) is 71.9 cm³/mol. The van der Waals surface area contributed by atoms with Crippen LogP contribution in [0, 0.1) is 17.1 Å². The van der Waals surface area contributed by atoms with E-state index in [-0.39, 0.29) is 12.2 Å². The summed E-state index contributed by atoms with van der Waals surface area (Å²) in [4.78, 5) is 0. The van der Waals surface area contributed by atoms with Gasteiger partial charge in [0.15, 0.2) is 5.75 Å². The first kappa shape index (κ1) is 13.7. The Balaban J connectivity index is 2.17. The van der Waals surface area contributed by atoms with Gasteiger partial charge in [-0.2, -0.15) is 5.26 Å². The average Bonchev–Trinajstić information content (AvgIpc) is 2.40. The van der Waals surface area contributed by atoms with Crippen LogP contribution in [0.15, 0.2) is 36.4 Å². The summed E-state index contributed by atoms with van der Waals surface area (Å²) in [5.74, 6) is -0.185. The Morgan fingerprint density at radius 3 is 2.47 bits per heavy atom.